The van der Waals surface area contributed by atoms with Crippen LogP contribution in [0.4, 0.5) is 4.39 Å². The molecule has 2 heterocycles. The van der Waals surface area contributed by atoms with Crippen molar-refractivity contribution in [2.45, 2.75) is 24.3 Å². The number of thiophene rings is 1. The fourth-order valence-electron chi connectivity index (χ4n) is 1.48. The van der Waals surface area contributed by atoms with Gasteiger partial charge in [0.2, 0.25) is 0 Å². The number of nitrogens with zero attached hydrogens (tertiary/aromatic N) is 2. The van der Waals surface area contributed by atoms with Crippen molar-refractivity contribution < 1.29 is 9.18 Å². The molecule has 2 rings (SSSR count). The summed E-state index contributed by atoms with van der Waals surface area (Å²) in [5, 5.41) is 6.05. The van der Waals surface area contributed by atoms with Gasteiger partial charge in [-0.15, -0.1) is 23.1 Å². The number of carbonyl (C=O) groups excluding carboxylic acids is 1. The van der Waals surface area contributed by atoms with Gasteiger partial charge in [-0.05, 0) is 31.5 Å². The maximum absolute atomic E-state index is 13.6. The molecule has 0 bridgehead atoms. The Morgan fingerprint density at radius 3 is 2.78 bits per heavy atom. The standard InChI is InChI=1S/C12H13FN2OS2/c1-12(2,7-16)15-6-9(17-3)10(14-15)11-8(13)4-5-18-11/h4-7H,1-3H3. The third-order valence-electron chi connectivity index (χ3n) is 2.61. The zero-order valence-corrected chi connectivity index (χ0v) is 11.9. The van der Waals surface area contributed by atoms with Crippen molar-refractivity contribution in [3.63, 3.8) is 0 Å². The molecule has 0 N–H and O–H groups in total. The highest BCUT2D eigenvalue weighted by molar-refractivity contribution is 7.98. The first-order chi connectivity index (χ1) is 8.49. The van der Waals surface area contributed by atoms with Crippen LogP contribution in [-0.4, -0.2) is 22.3 Å². The average molecular weight is 284 g/mol. The van der Waals surface area contributed by atoms with Gasteiger partial charge in [0.1, 0.15) is 23.3 Å². The summed E-state index contributed by atoms with van der Waals surface area (Å²) in [6, 6.07) is 1.42. The van der Waals surface area contributed by atoms with Gasteiger partial charge in [-0.2, -0.15) is 5.10 Å². The van der Waals surface area contributed by atoms with E-state index in [1.807, 2.05) is 6.26 Å². The molecule has 6 heteroatoms. The summed E-state index contributed by atoms with van der Waals surface area (Å²) in [7, 11) is 0. The molecule has 0 aliphatic heterocycles. The molecule has 18 heavy (non-hydrogen) atoms. The van der Waals surface area contributed by atoms with E-state index in [1.165, 1.54) is 29.2 Å². The first-order valence-electron chi connectivity index (χ1n) is 5.33. The van der Waals surface area contributed by atoms with Crippen molar-refractivity contribution in [2.75, 3.05) is 6.26 Å². The van der Waals surface area contributed by atoms with E-state index < -0.39 is 5.54 Å². The minimum atomic E-state index is -0.726. The Bertz CT molecular complexity index is 574. The summed E-state index contributed by atoms with van der Waals surface area (Å²) in [5.41, 5.74) is -0.124. The van der Waals surface area contributed by atoms with Crippen LogP contribution in [0.3, 0.4) is 0 Å². The van der Waals surface area contributed by atoms with Gasteiger partial charge in [0.25, 0.3) is 0 Å². The third kappa shape index (κ3) is 2.22. The van der Waals surface area contributed by atoms with Gasteiger partial charge >= 0.3 is 0 Å². The number of aldehydes is 1. The van der Waals surface area contributed by atoms with Gasteiger partial charge in [0.15, 0.2) is 0 Å². The molecule has 0 atom stereocenters. The third-order valence-corrected chi connectivity index (χ3v) is 4.25. The normalized spacial score (nSPS) is 11.8. The van der Waals surface area contributed by atoms with E-state index in [0.717, 1.165) is 11.2 Å². The maximum Gasteiger partial charge on any atom is 0.147 e. The van der Waals surface area contributed by atoms with Crippen molar-refractivity contribution in [3.8, 4) is 10.6 Å². The minimum Gasteiger partial charge on any atom is -0.301 e. The molecule has 0 saturated carbocycles. The van der Waals surface area contributed by atoms with Crippen LogP contribution >= 0.6 is 23.1 Å². The predicted molar refractivity (Wildman–Crippen MR) is 72.7 cm³/mol. The van der Waals surface area contributed by atoms with Gasteiger partial charge in [-0.1, -0.05) is 0 Å². The van der Waals surface area contributed by atoms with E-state index >= 15 is 0 Å². The van der Waals surface area contributed by atoms with E-state index in [9.17, 15) is 9.18 Å². The van der Waals surface area contributed by atoms with Crippen LogP contribution < -0.4 is 0 Å². The molecular formula is C12H13FN2OS2. The monoisotopic (exact) mass is 284 g/mol. The fourth-order valence-corrected chi connectivity index (χ4v) is 2.85. The van der Waals surface area contributed by atoms with Crippen LogP contribution in [0.5, 0.6) is 0 Å². The average Bonchev–Trinajstić information content (AvgIpc) is 2.94. The molecule has 0 fully saturated rings. The quantitative estimate of drug-likeness (QED) is 0.637. The number of thioether (sulfide) groups is 1. The lowest BCUT2D eigenvalue weighted by Crippen LogP contribution is -2.28. The van der Waals surface area contributed by atoms with E-state index in [0.29, 0.717) is 10.6 Å². The fraction of sp³-hybridized carbons (Fsp3) is 0.333. The molecule has 0 aliphatic carbocycles. The van der Waals surface area contributed by atoms with Crippen LogP contribution in [0.25, 0.3) is 10.6 Å². The molecule has 3 nitrogen and oxygen atoms in total. The Kier molecular flexibility index (Phi) is 3.59. The molecule has 2 aromatic heterocycles. The van der Waals surface area contributed by atoms with Crippen molar-refractivity contribution in [1.82, 2.24) is 9.78 Å². The Morgan fingerprint density at radius 1 is 1.56 bits per heavy atom. The zero-order valence-electron chi connectivity index (χ0n) is 10.3. The predicted octanol–water partition coefficient (Wildman–Crippen LogP) is 3.41. The molecule has 0 saturated heterocycles. The second-order valence-corrected chi connectivity index (χ2v) is 6.12. The highest BCUT2D eigenvalue weighted by Gasteiger charge is 2.24. The summed E-state index contributed by atoms with van der Waals surface area (Å²) in [4.78, 5) is 12.4. The van der Waals surface area contributed by atoms with Crippen LogP contribution in [0.15, 0.2) is 22.5 Å². The SMILES string of the molecule is CSc1cn(C(C)(C)C=O)nc1-c1sccc1F. The highest BCUT2D eigenvalue weighted by Crippen LogP contribution is 2.35. The maximum atomic E-state index is 13.6. The van der Waals surface area contributed by atoms with E-state index in [2.05, 4.69) is 5.10 Å². The largest absolute Gasteiger partial charge is 0.301 e. The molecule has 2 aromatic rings. The molecule has 0 spiro atoms. The Morgan fingerprint density at radius 2 is 2.28 bits per heavy atom. The van der Waals surface area contributed by atoms with Crippen LogP contribution in [0.1, 0.15) is 13.8 Å². The summed E-state index contributed by atoms with van der Waals surface area (Å²) in [5.74, 6) is -0.274. The van der Waals surface area contributed by atoms with Gasteiger partial charge in [0.05, 0.1) is 9.77 Å². The van der Waals surface area contributed by atoms with Crippen molar-refractivity contribution in [1.29, 1.82) is 0 Å². The van der Waals surface area contributed by atoms with Crippen molar-refractivity contribution in [3.05, 3.63) is 23.5 Å². The number of hydrogen-bond acceptors (Lipinski definition) is 4. The number of carbonyl (C=O) groups is 1. The van der Waals surface area contributed by atoms with Gasteiger partial charge < -0.3 is 4.79 Å². The molecule has 0 radical (unpaired) electrons. The molecule has 0 amide bonds. The zero-order chi connectivity index (χ0) is 13.3. The molecular weight excluding hydrogens is 271 g/mol. The first kappa shape index (κ1) is 13.3. The van der Waals surface area contributed by atoms with Gasteiger partial charge in [-0.25, -0.2) is 4.39 Å². The number of hydrogen-bond donors (Lipinski definition) is 0. The second kappa shape index (κ2) is 4.85. The van der Waals surface area contributed by atoms with E-state index in [4.69, 9.17) is 0 Å². The summed E-state index contributed by atoms with van der Waals surface area (Å²) < 4.78 is 15.2. The highest BCUT2D eigenvalue weighted by atomic mass is 32.2. The van der Waals surface area contributed by atoms with E-state index in [1.54, 1.807) is 30.1 Å². The summed E-state index contributed by atoms with van der Waals surface area (Å²) in [6.07, 6.45) is 4.52. The topological polar surface area (TPSA) is 34.9 Å². The van der Waals surface area contributed by atoms with Crippen LogP contribution in [0.2, 0.25) is 0 Å². The van der Waals surface area contributed by atoms with Crippen LogP contribution in [0, 0.1) is 5.82 Å². The Hall–Kier alpha value is -1.14. The number of rotatable bonds is 4. The second-order valence-electron chi connectivity index (χ2n) is 4.36. The number of halogens is 1. The molecule has 0 aliphatic rings. The smallest absolute Gasteiger partial charge is 0.147 e. The molecule has 0 unspecified atom stereocenters. The molecule has 0 aromatic carbocycles. The first-order valence-corrected chi connectivity index (χ1v) is 7.44. The number of aromatic nitrogens is 2. The van der Waals surface area contributed by atoms with Crippen molar-refractivity contribution in [2.24, 2.45) is 0 Å². The van der Waals surface area contributed by atoms with Gasteiger partial charge in [-0.3, -0.25) is 4.68 Å². The van der Waals surface area contributed by atoms with Crippen LogP contribution in [-0.2, 0) is 10.3 Å². The lowest BCUT2D eigenvalue weighted by atomic mass is 10.1. The summed E-state index contributed by atoms with van der Waals surface area (Å²) >= 11 is 2.80. The lowest BCUT2D eigenvalue weighted by Gasteiger charge is -2.16. The Labute approximate surface area is 113 Å². The lowest BCUT2D eigenvalue weighted by molar-refractivity contribution is -0.114. The summed E-state index contributed by atoms with van der Waals surface area (Å²) in [6.45, 7) is 3.54. The minimum absolute atomic E-state index is 0.274. The van der Waals surface area contributed by atoms with Gasteiger partial charge in [0, 0.05) is 6.20 Å². The van der Waals surface area contributed by atoms with Crippen molar-refractivity contribution >= 4 is 29.4 Å². The molecule has 96 valence electrons. The van der Waals surface area contributed by atoms with E-state index in [-0.39, 0.29) is 5.82 Å². The Balaban J connectivity index is 2.56.